The Labute approximate surface area is 127 Å². The molecule has 0 amide bonds. The van der Waals surface area contributed by atoms with E-state index in [1.807, 2.05) is 54.6 Å². The van der Waals surface area contributed by atoms with Crippen molar-refractivity contribution in [1.29, 1.82) is 0 Å². The van der Waals surface area contributed by atoms with Crippen LogP contribution in [0.1, 0.15) is 11.3 Å². The molecule has 2 aromatic carbocycles. The molecule has 0 unspecified atom stereocenters. The SMILES string of the molecule is OCc1ncsc1-c1ccc(OCc2ccccc2)cc1. The Kier molecular flexibility index (Phi) is 4.28. The van der Waals surface area contributed by atoms with Crippen LogP contribution in [0.5, 0.6) is 5.75 Å². The van der Waals surface area contributed by atoms with Crippen LogP contribution in [0.2, 0.25) is 0 Å². The second kappa shape index (κ2) is 6.52. The lowest BCUT2D eigenvalue weighted by atomic mass is 10.1. The monoisotopic (exact) mass is 297 g/mol. The summed E-state index contributed by atoms with van der Waals surface area (Å²) in [6.45, 7) is 0.522. The molecule has 0 fully saturated rings. The van der Waals surface area contributed by atoms with Crippen molar-refractivity contribution in [2.75, 3.05) is 0 Å². The molecule has 0 spiro atoms. The molecule has 4 heteroatoms. The normalized spacial score (nSPS) is 10.5. The van der Waals surface area contributed by atoms with Gasteiger partial charge in [0.2, 0.25) is 0 Å². The molecule has 3 rings (SSSR count). The zero-order chi connectivity index (χ0) is 14.5. The molecule has 3 aromatic rings. The van der Waals surface area contributed by atoms with Gasteiger partial charge >= 0.3 is 0 Å². The van der Waals surface area contributed by atoms with Crippen molar-refractivity contribution >= 4 is 11.3 Å². The average Bonchev–Trinajstić information content (AvgIpc) is 3.03. The molecule has 1 N–H and O–H groups in total. The topological polar surface area (TPSA) is 42.4 Å². The van der Waals surface area contributed by atoms with E-state index in [9.17, 15) is 5.11 Å². The van der Waals surface area contributed by atoms with E-state index < -0.39 is 0 Å². The predicted octanol–water partition coefficient (Wildman–Crippen LogP) is 3.88. The van der Waals surface area contributed by atoms with Gasteiger partial charge in [0.1, 0.15) is 12.4 Å². The van der Waals surface area contributed by atoms with E-state index in [-0.39, 0.29) is 6.61 Å². The molecule has 0 aliphatic heterocycles. The van der Waals surface area contributed by atoms with Crippen LogP contribution < -0.4 is 4.74 Å². The standard InChI is InChI=1S/C17H15NO2S/c19-10-16-17(21-12-18-16)14-6-8-15(9-7-14)20-11-13-4-2-1-3-5-13/h1-9,12,19H,10-11H2. The summed E-state index contributed by atoms with van der Waals surface area (Å²) in [6.07, 6.45) is 0. The Morgan fingerprint density at radius 1 is 1.00 bits per heavy atom. The Bertz CT molecular complexity index is 692. The number of ether oxygens (including phenoxy) is 1. The first kappa shape index (κ1) is 13.8. The molecule has 1 aromatic heterocycles. The predicted molar refractivity (Wildman–Crippen MR) is 84.2 cm³/mol. The number of rotatable bonds is 5. The Morgan fingerprint density at radius 3 is 2.48 bits per heavy atom. The van der Waals surface area contributed by atoms with E-state index >= 15 is 0 Å². The van der Waals surface area contributed by atoms with Crippen molar-refractivity contribution in [1.82, 2.24) is 4.98 Å². The molecule has 0 saturated carbocycles. The van der Waals surface area contributed by atoms with Gasteiger partial charge in [-0.1, -0.05) is 30.3 Å². The van der Waals surface area contributed by atoms with Crippen LogP contribution in [0.15, 0.2) is 60.1 Å². The van der Waals surface area contributed by atoms with Crippen molar-refractivity contribution < 1.29 is 9.84 Å². The van der Waals surface area contributed by atoms with Crippen LogP contribution in [-0.4, -0.2) is 10.1 Å². The number of hydrogen-bond acceptors (Lipinski definition) is 4. The van der Waals surface area contributed by atoms with E-state index in [2.05, 4.69) is 4.98 Å². The number of aliphatic hydroxyl groups is 1. The van der Waals surface area contributed by atoms with E-state index in [1.54, 1.807) is 5.51 Å². The van der Waals surface area contributed by atoms with E-state index in [1.165, 1.54) is 11.3 Å². The maximum absolute atomic E-state index is 9.25. The van der Waals surface area contributed by atoms with Gasteiger partial charge in [-0.15, -0.1) is 11.3 Å². The molecule has 0 bridgehead atoms. The minimum Gasteiger partial charge on any atom is -0.489 e. The summed E-state index contributed by atoms with van der Waals surface area (Å²) in [5.41, 5.74) is 4.67. The Morgan fingerprint density at radius 2 is 1.76 bits per heavy atom. The van der Waals surface area contributed by atoms with Crippen molar-refractivity contribution in [2.45, 2.75) is 13.2 Å². The number of aliphatic hydroxyl groups excluding tert-OH is 1. The van der Waals surface area contributed by atoms with Crippen LogP contribution >= 0.6 is 11.3 Å². The molecule has 1 heterocycles. The quantitative estimate of drug-likeness (QED) is 0.777. The van der Waals surface area contributed by atoms with Gasteiger partial charge < -0.3 is 9.84 Å². The second-order valence-electron chi connectivity index (χ2n) is 4.58. The minimum absolute atomic E-state index is 0.0366. The van der Waals surface area contributed by atoms with Gasteiger partial charge in [-0.05, 0) is 35.4 Å². The van der Waals surface area contributed by atoms with Crippen molar-refractivity contribution in [3.63, 3.8) is 0 Å². The zero-order valence-corrected chi connectivity index (χ0v) is 12.2. The molecule has 0 atom stereocenters. The largest absolute Gasteiger partial charge is 0.489 e. The average molecular weight is 297 g/mol. The first-order valence-corrected chi connectivity index (χ1v) is 7.55. The summed E-state index contributed by atoms with van der Waals surface area (Å²) in [5, 5.41) is 9.25. The Balaban J connectivity index is 1.70. The molecule has 0 radical (unpaired) electrons. The van der Waals surface area contributed by atoms with Gasteiger partial charge in [-0.25, -0.2) is 4.98 Å². The highest BCUT2D eigenvalue weighted by Gasteiger charge is 2.07. The molecular formula is C17H15NO2S. The highest BCUT2D eigenvalue weighted by atomic mass is 32.1. The van der Waals surface area contributed by atoms with Gasteiger partial charge in [-0.3, -0.25) is 0 Å². The summed E-state index contributed by atoms with van der Waals surface area (Å²) in [4.78, 5) is 5.15. The van der Waals surface area contributed by atoms with Crippen molar-refractivity contribution in [3.8, 4) is 16.2 Å². The lowest BCUT2D eigenvalue weighted by Crippen LogP contribution is -1.94. The van der Waals surface area contributed by atoms with Gasteiger partial charge in [0.25, 0.3) is 0 Å². The lowest BCUT2D eigenvalue weighted by Gasteiger charge is -2.07. The summed E-state index contributed by atoms with van der Waals surface area (Å²) in [6, 6.07) is 18.0. The first-order chi connectivity index (χ1) is 10.4. The van der Waals surface area contributed by atoms with Gasteiger partial charge in [0.15, 0.2) is 0 Å². The van der Waals surface area contributed by atoms with E-state index in [0.29, 0.717) is 6.61 Å². The minimum atomic E-state index is -0.0366. The van der Waals surface area contributed by atoms with Gasteiger partial charge in [-0.2, -0.15) is 0 Å². The fraction of sp³-hybridized carbons (Fsp3) is 0.118. The van der Waals surface area contributed by atoms with Gasteiger partial charge in [0, 0.05) is 0 Å². The van der Waals surface area contributed by atoms with Crippen LogP contribution in [0, 0.1) is 0 Å². The highest BCUT2D eigenvalue weighted by molar-refractivity contribution is 7.13. The summed E-state index contributed by atoms with van der Waals surface area (Å²) in [7, 11) is 0. The molecule has 0 aliphatic rings. The van der Waals surface area contributed by atoms with Crippen LogP contribution in [-0.2, 0) is 13.2 Å². The van der Waals surface area contributed by atoms with E-state index in [0.717, 1.165) is 27.4 Å². The summed E-state index contributed by atoms with van der Waals surface area (Å²) in [5.74, 6) is 0.831. The summed E-state index contributed by atoms with van der Waals surface area (Å²) < 4.78 is 5.76. The third-order valence-corrected chi connectivity index (χ3v) is 4.07. The zero-order valence-electron chi connectivity index (χ0n) is 11.4. The fourth-order valence-corrected chi connectivity index (χ4v) is 2.87. The molecule has 106 valence electrons. The summed E-state index contributed by atoms with van der Waals surface area (Å²) >= 11 is 1.53. The third-order valence-electron chi connectivity index (χ3n) is 3.16. The van der Waals surface area contributed by atoms with Crippen molar-refractivity contribution in [3.05, 3.63) is 71.4 Å². The third kappa shape index (κ3) is 3.29. The number of benzene rings is 2. The maximum atomic E-state index is 9.25. The molecule has 0 saturated heterocycles. The number of nitrogens with zero attached hydrogens (tertiary/aromatic N) is 1. The molecular weight excluding hydrogens is 282 g/mol. The van der Waals surface area contributed by atoms with Gasteiger partial charge in [0.05, 0.1) is 22.7 Å². The number of thiazole rings is 1. The van der Waals surface area contributed by atoms with Crippen LogP contribution in [0.4, 0.5) is 0 Å². The van der Waals surface area contributed by atoms with Crippen LogP contribution in [0.3, 0.4) is 0 Å². The molecule has 0 aliphatic carbocycles. The highest BCUT2D eigenvalue weighted by Crippen LogP contribution is 2.29. The maximum Gasteiger partial charge on any atom is 0.119 e. The molecule has 21 heavy (non-hydrogen) atoms. The molecule has 3 nitrogen and oxygen atoms in total. The smallest absolute Gasteiger partial charge is 0.119 e. The van der Waals surface area contributed by atoms with Crippen molar-refractivity contribution in [2.24, 2.45) is 0 Å². The lowest BCUT2D eigenvalue weighted by molar-refractivity contribution is 0.278. The number of aromatic nitrogens is 1. The first-order valence-electron chi connectivity index (χ1n) is 6.67. The Hall–Kier alpha value is -2.17. The fourth-order valence-electron chi connectivity index (χ4n) is 2.06. The van der Waals surface area contributed by atoms with Crippen LogP contribution in [0.25, 0.3) is 10.4 Å². The number of hydrogen-bond donors (Lipinski definition) is 1. The van der Waals surface area contributed by atoms with E-state index in [4.69, 9.17) is 4.74 Å². The second-order valence-corrected chi connectivity index (χ2v) is 5.44.